The SMILES string of the molecule is CN(C)NS(=O)(=O)c1cc(N)cc(Cl)c1F. The van der Waals surface area contributed by atoms with E-state index in [-0.39, 0.29) is 10.7 Å². The van der Waals surface area contributed by atoms with Crippen LogP contribution in [0, 0.1) is 5.82 Å². The Hall–Kier alpha value is -0.890. The normalized spacial score (nSPS) is 12.1. The number of nitrogens with two attached hydrogens (primary N) is 1. The fraction of sp³-hybridized carbons (Fsp3) is 0.250. The molecule has 0 bridgehead atoms. The standard InChI is InChI=1S/C8H11ClFN3O2S/c1-13(2)12-16(14,15)7-4-5(11)3-6(9)8(7)10/h3-4,12H,11H2,1-2H3. The molecule has 3 N–H and O–H groups in total. The maximum absolute atomic E-state index is 13.5. The van der Waals surface area contributed by atoms with Gasteiger partial charge in [0.15, 0.2) is 5.82 Å². The molecule has 5 nitrogen and oxygen atoms in total. The first kappa shape index (κ1) is 13.2. The molecule has 16 heavy (non-hydrogen) atoms. The van der Waals surface area contributed by atoms with Crippen molar-refractivity contribution in [3.05, 3.63) is 23.0 Å². The Balaban J connectivity index is 3.33. The van der Waals surface area contributed by atoms with E-state index in [2.05, 4.69) is 4.83 Å². The van der Waals surface area contributed by atoms with E-state index in [9.17, 15) is 12.8 Å². The number of nitrogens with one attached hydrogen (secondary N) is 1. The maximum atomic E-state index is 13.5. The molecule has 0 aromatic heterocycles. The van der Waals surface area contributed by atoms with Crippen LogP contribution >= 0.6 is 11.6 Å². The molecule has 0 radical (unpaired) electrons. The summed E-state index contributed by atoms with van der Waals surface area (Å²) in [6, 6.07) is 2.15. The molecular weight excluding hydrogens is 257 g/mol. The zero-order valence-corrected chi connectivity index (χ0v) is 10.2. The van der Waals surface area contributed by atoms with E-state index in [1.807, 2.05) is 0 Å². The molecular formula is C8H11ClFN3O2S. The number of hydrogen-bond donors (Lipinski definition) is 2. The minimum Gasteiger partial charge on any atom is -0.399 e. The summed E-state index contributed by atoms with van der Waals surface area (Å²) in [5, 5.41) is 0.838. The third-order valence-corrected chi connectivity index (χ3v) is 3.37. The van der Waals surface area contributed by atoms with Crippen LogP contribution in [0.25, 0.3) is 0 Å². The van der Waals surface area contributed by atoms with Gasteiger partial charge < -0.3 is 5.73 Å². The summed E-state index contributed by atoms with van der Waals surface area (Å²) >= 11 is 5.50. The van der Waals surface area contributed by atoms with Gasteiger partial charge in [-0.2, -0.15) is 0 Å². The smallest absolute Gasteiger partial charge is 0.256 e. The predicted octanol–water partition coefficient (Wildman–Crippen LogP) is 0.816. The Labute approximate surface area is 98.0 Å². The molecule has 0 aliphatic heterocycles. The van der Waals surface area contributed by atoms with Gasteiger partial charge in [-0.25, -0.2) is 17.8 Å². The summed E-state index contributed by atoms with van der Waals surface area (Å²) in [6.45, 7) is 0. The van der Waals surface area contributed by atoms with E-state index in [0.29, 0.717) is 0 Å². The lowest BCUT2D eigenvalue weighted by Gasteiger charge is -2.13. The van der Waals surface area contributed by atoms with Gasteiger partial charge in [0.25, 0.3) is 10.0 Å². The number of nitrogen functional groups attached to an aromatic ring is 1. The fourth-order valence-corrected chi connectivity index (χ4v) is 2.57. The van der Waals surface area contributed by atoms with E-state index < -0.39 is 20.7 Å². The van der Waals surface area contributed by atoms with Crippen LogP contribution in [0.15, 0.2) is 17.0 Å². The lowest BCUT2D eigenvalue weighted by Crippen LogP contribution is -2.36. The highest BCUT2D eigenvalue weighted by Crippen LogP contribution is 2.25. The van der Waals surface area contributed by atoms with Crippen LogP contribution in [0.2, 0.25) is 5.02 Å². The van der Waals surface area contributed by atoms with E-state index in [4.69, 9.17) is 17.3 Å². The van der Waals surface area contributed by atoms with Crippen molar-refractivity contribution in [2.75, 3.05) is 19.8 Å². The van der Waals surface area contributed by atoms with Crippen LogP contribution in [0.1, 0.15) is 0 Å². The summed E-state index contributed by atoms with van der Waals surface area (Å²) in [7, 11) is -1.08. The second kappa shape index (κ2) is 4.54. The first-order chi connectivity index (χ1) is 7.24. The summed E-state index contributed by atoms with van der Waals surface area (Å²) in [5.74, 6) is -1.02. The average Bonchev–Trinajstić information content (AvgIpc) is 2.08. The number of hydrazine groups is 1. The molecule has 8 heteroatoms. The number of anilines is 1. The molecule has 1 aromatic rings. The fourth-order valence-electron chi connectivity index (χ4n) is 1.07. The predicted molar refractivity (Wildman–Crippen MR) is 59.8 cm³/mol. The number of rotatable bonds is 3. The lowest BCUT2D eigenvalue weighted by molar-refractivity contribution is 0.363. The van der Waals surface area contributed by atoms with Crippen molar-refractivity contribution in [1.82, 2.24) is 9.84 Å². The number of halogens is 2. The Kier molecular flexibility index (Phi) is 3.74. The van der Waals surface area contributed by atoms with Crippen molar-refractivity contribution >= 4 is 27.3 Å². The van der Waals surface area contributed by atoms with E-state index in [0.717, 1.165) is 12.1 Å². The van der Waals surface area contributed by atoms with Crippen LogP contribution in [0.4, 0.5) is 10.1 Å². The van der Waals surface area contributed by atoms with Gasteiger partial charge in [-0.1, -0.05) is 11.6 Å². The molecule has 0 saturated carbocycles. The maximum Gasteiger partial charge on any atom is 0.256 e. The van der Waals surface area contributed by atoms with Gasteiger partial charge in [0, 0.05) is 19.8 Å². The quantitative estimate of drug-likeness (QED) is 0.628. The third kappa shape index (κ3) is 2.82. The molecule has 0 heterocycles. The summed E-state index contributed by atoms with van der Waals surface area (Å²) in [5.41, 5.74) is 5.47. The van der Waals surface area contributed by atoms with Crippen molar-refractivity contribution in [3.63, 3.8) is 0 Å². The molecule has 0 spiro atoms. The molecule has 90 valence electrons. The van der Waals surface area contributed by atoms with Gasteiger partial charge in [-0.3, -0.25) is 0 Å². The highest BCUT2D eigenvalue weighted by atomic mass is 35.5. The van der Waals surface area contributed by atoms with Gasteiger partial charge >= 0.3 is 0 Å². The molecule has 0 atom stereocenters. The minimum absolute atomic E-state index is 0.0746. The van der Waals surface area contributed by atoms with Crippen LogP contribution < -0.4 is 10.6 Å². The topological polar surface area (TPSA) is 75.4 Å². The van der Waals surface area contributed by atoms with E-state index in [1.165, 1.54) is 19.1 Å². The first-order valence-electron chi connectivity index (χ1n) is 4.18. The van der Waals surface area contributed by atoms with Crippen LogP contribution in [-0.2, 0) is 10.0 Å². The van der Waals surface area contributed by atoms with Crippen molar-refractivity contribution in [2.45, 2.75) is 4.90 Å². The summed E-state index contributed by atoms with van der Waals surface area (Å²) < 4.78 is 36.8. The number of hydrogen-bond acceptors (Lipinski definition) is 4. The number of nitrogens with zero attached hydrogens (tertiary/aromatic N) is 1. The first-order valence-corrected chi connectivity index (χ1v) is 6.04. The molecule has 0 aliphatic rings. The molecule has 0 aliphatic carbocycles. The lowest BCUT2D eigenvalue weighted by atomic mass is 10.3. The van der Waals surface area contributed by atoms with Crippen molar-refractivity contribution in [1.29, 1.82) is 0 Å². The van der Waals surface area contributed by atoms with E-state index in [1.54, 1.807) is 0 Å². The van der Waals surface area contributed by atoms with Crippen LogP contribution in [0.5, 0.6) is 0 Å². The monoisotopic (exact) mass is 267 g/mol. The Morgan fingerprint density at radius 1 is 1.44 bits per heavy atom. The molecule has 0 unspecified atom stereocenters. The molecule has 1 aromatic carbocycles. The van der Waals surface area contributed by atoms with Gasteiger partial charge in [0.05, 0.1) is 5.02 Å². The Bertz CT molecular complexity index is 504. The van der Waals surface area contributed by atoms with Crippen molar-refractivity contribution in [3.8, 4) is 0 Å². The van der Waals surface area contributed by atoms with Gasteiger partial charge in [-0.15, -0.1) is 4.83 Å². The molecule has 0 amide bonds. The van der Waals surface area contributed by atoms with Crippen LogP contribution in [-0.4, -0.2) is 27.5 Å². The van der Waals surface area contributed by atoms with E-state index >= 15 is 0 Å². The molecule has 1 rings (SSSR count). The largest absolute Gasteiger partial charge is 0.399 e. The highest BCUT2D eigenvalue weighted by molar-refractivity contribution is 7.89. The Morgan fingerprint density at radius 2 is 2.00 bits per heavy atom. The van der Waals surface area contributed by atoms with Crippen molar-refractivity contribution in [2.24, 2.45) is 0 Å². The number of benzene rings is 1. The zero-order chi connectivity index (χ0) is 12.5. The molecule has 0 fully saturated rings. The van der Waals surface area contributed by atoms with Gasteiger partial charge in [0.2, 0.25) is 0 Å². The molecule has 0 saturated heterocycles. The second-order valence-electron chi connectivity index (χ2n) is 3.30. The summed E-state index contributed by atoms with van der Waals surface area (Å²) in [6.07, 6.45) is 0. The average molecular weight is 268 g/mol. The third-order valence-electron chi connectivity index (χ3n) is 1.61. The Morgan fingerprint density at radius 3 is 2.50 bits per heavy atom. The van der Waals surface area contributed by atoms with Gasteiger partial charge in [0.1, 0.15) is 4.90 Å². The van der Waals surface area contributed by atoms with Crippen molar-refractivity contribution < 1.29 is 12.8 Å². The van der Waals surface area contributed by atoms with Crippen LogP contribution in [0.3, 0.4) is 0 Å². The van der Waals surface area contributed by atoms with Gasteiger partial charge in [-0.05, 0) is 12.1 Å². The number of sulfonamides is 1. The second-order valence-corrected chi connectivity index (χ2v) is 5.34. The summed E-state index contributed by atoms with van der Waals surface area (Å²) in [4.78, 5) is 1.50. The minimum atomic E-state index is -4.00. The zero-order valence-electron chi connectivity index (χ0n) is 8.66. The highest BCUT2D eigenvalue weighted by Gasteiger charge is 2.22.